The molecule has 3 rings (SSSR count). The van der Waals surface area contributed by atoms with Crippen LogP contribution in [0, 0.1) is 5.82 Å². The lowest BCUT2D eigenvalue weighted by molar-refractivity contribution is -0.0497. The average molecular weight is 324 g/mol. The van der Waals surface area contributed by atoms with Gasteiger partial charge in [-0.1, -0.05) is 18.2 Å². The molecule has 2 heterocycles. The largest absolute Gasteiger partial charge is 0.390 e. The molecule has 0 bridgehead atoms. The second-order valence-electron chi connectivity index (χ2n) is 6.21. The fraction of sp³-hybridized carbons (Fsp3) is 0.647. The number of halogens is 1. The molecule has 0 saturated carbocycles. The summed E-state index contributed by atoms with van der Waals surface area (Å²) in [4.78, 5) is 4.38. The Balaban J connectivity index is 1.51. The van der Waals surface area contributed by atoms with E-state index in [4.69, 9.17) is 9.47 Å². The van der Waals surface area contributed by atoms with Crippen LogP contribution in [0.1, 0.15) is 11.7 Å². The van der Waals surface area contributed by atoms with Crippen LogP contribution in [0.4, 0.5) is 4.39 Å². The summed E-state index contributed by atoms with van der Waals surface area (Å²) in [6.45, 7) is 6.40. The normalized spacial score (nSPS) is 25.4. The lowest BCUT2D eigenvalue weighted by atomic mass is 10.1. The summed E-state index contributed by atoms with van der Waals surface area (Å²) < 4.78 is 24.9. The minimum absolute atomic E-state index is 0.229. The van der Waals surface area contributed by atoms with Crippen molar-refractivity contribution in [1.29, 1.82) is 0 Å². The Morgan fingerprint density at radius 2 is 1.78 bits per heavy atom. The van der Waals surface area contributed by atoms with Gasteiger partial charge in [-0.05, 0) is 6.07 Å². The van der Waals surface area contributed by atoms with E-state index in [2.05, 4.69) is 9.80 Å². The van der Waals surface area contributed by atoms with Crippen molar-refractivity contribution in [2.45, 2.75) is 12.2 Å². The molecule has 1 N–H and O–H groups in total. The van der Waals surface area contributed by atoms with E-state index in [1.807, 2.05) is 6.07 Å². The van der Waals surface area contributed by atoms with E-state index >= 15 is 0 Å². The Morgan fingerprint density at radius 3 is 2.57 bits per heavy atom. The summed E-state index contributed by atoms with van der Waals surface area (Å²) >= 11 is 0. The predicted molar refractivity (Wildman–Crippen MR) is 84.8 cm³/mol. The van der Waals surface area contributed by atoms with Crippen molar-refractivity contribution in [2.24, 2.45) is 0 Å². The van der Waals surface area contributed by atoms with Crippen LogP contribution in [0.5, 0.6) is 0 Å². The predicted octanol–water partition coefficient (Wildman–Crippen LogP) is 0.892. The molecule has 1 aromatic carbocycles. The molecule has 6 heteroatoms. The second-order valence-corrected chi connectivity index (χ2v) is 6.21. The lowest BCUT2D eigenvalue weighted by Gasteiger charge is -2.35. The summed E-state index contributed by atoms with van der Waals surface area (Å²) in [7, 11) is 0. The Bertz CT molecular complexity index is 496. The number of nitrogens with zero attached hydrogens (tertiary/aromatic N) is 2. The van der Waals surface area contributed by atoms with Crippen LogP contribution in [0.25, 0.3) is 0 Å². The molecule has 5 nitrogen and oxygen atoms in total. The van der Waals surface area contributed by atoms with Crippen molar-refractivity contribution in [3.8, 4) is 0 Å². The van der Waals surface area contributed by atoms with Crippen LogP contribution >= 0.6 is 0 Å². The maximum atomic E-state index is 13.9. The van der Waals surface area contributed by atoms with E-state index in [0.717, 1.165) is 32.8 Å². The molecule has 2 unspecified atom stereocenters. The molecule has 2 aliphatic rings. The fourth-order valence-corrected chi connectivity index (χ4v) is 3.23. The van der Waals surface area contributed by atoms with Crippen molar-refractivity contribution in [3.05, 3.63) is 35.6 Å². The Morgan fingerprint density at radius 1 is 1.09 bits per heavy atom. The van der Waals surface area contributed by atoms with Gasteiger partial charge in [-0.25, -0.2) is 4.39 Å². The quantitative estimate of drug-likeness (QED) is 0.872. The highest BCUT2D eigenvalue weighted by molar-refractivity contribution is 5.20. The first-order valence-electron chi connectivity index (χ1n) is 8.29. The summed E-state index contributed by atoms with van der Waals surface area (Å²) in [5.74, 6) is -0.229. The molecule has 2 atom stereocenters. The van der Waals surface area contributed by atoms with Crippen LogP contribution in [-0.2, 0) is 9.47 Å². The average Bonchev–Trinajstić information content (AvgIpc) is 2.56. The van der Waals surface area contributed by atoms with Gasteiger partial charge in [-0.3, -0.25) is 9.80 Å². The fourth-order valence-electron chi connectivity index (χ4n) is 3.23. The van der Waals surface area contributed by atoms with E-state index in [1.165, 1.54) is 6.07 Å². The van der Waals surface area contributed by atoms with Gasteiger partial charge in [0.2, 0.25) is 0 Å². The maximum absolute atomic E-state index is 13.9. The third-order valence-corrected chi connectivity index (χ3v) is 4.44. The Labute approximate surface area is 136 Å². The van der Waals surface area contributed by atoms with Crippen LogP contribution in [0.3, 0.4) is 0 Å². The van der Waals surface area contributed by atoms with E-state index in [1.54, 1.807) is 12.1 Å². The number of aliphatic hydroxyl groups excluding tert-OH is 1. The zero-order valence-corrected chi connectivity index (χ0v) is 13.4. The number of hydrogen-bond acceptors (Lipinski definition) is 5. The summed E-state index contributed by atoms with van der Waals surface area (Å²) in [5.41, 5.74) is 0.597. The van der Waals surface area contributed by atoms with Crippen molar-refractivity contribution in [1.82, 2.24) is 9.80 Å². The second kappa shape index (κ2) is 8.17. The highest BCUT2D eigenvalue weighted by Crippen LogP contribution is 2.24. The molecule has 0 spiro atoms. The number of ether oxygens (including phenoxy) is 2. The van der Waals surface area contributed by atoms with Crippen molar-refractivity contribution in [2.75, 3.05) is 59.1 Å². The molecule has 0 aromatic heterocycles. The van der Waals surface area contributed by atoms with Crippen molar-refractivity contribution in [3.63, 3.8) is 0 Å². The highest BCUT2D eigenvalue weighted by Gasteiger charge is 2.26. The number of morpholine rings is 2. The summed E-state index contributed by atoms with van der Waals surface area (Å²) in [5, 5.41) is 10.3. The number of benzene rings is 1. The van der Waals surface area contributed by atoms with Gasteiger partial charge < -0.3 is 14.6 Å². The Kier molecular flexibility index (Phi) is 5.96. The van der Waals surface area contributed by atoms with E-state index in [0.29, 0.717) is 31.8 Å². The third-order valence-electron chi connectivity index (χ3n) is 4.44. The van der Waals surface area contributed by atoms with Gasteiger partial charge in [0.15, 0.2) is 0 Å². The van der Waals surface area contributed by atoms with Gasteiger partial charge >= 0.3 is 0 Å². The van der Waals surface area contributed by atoms with Gasteiger partial charge in [0.1, 0.15) is 5.82 Å². The molecule has 128 valence electrons. The molecule has 2 aliphatic heterocycles. The van der Waals surface area contributed by atoms with Crippen molar-refractivity contribution >= 4 is 0 Å². The minimum atomic E-state index is -0.410. The summed E-state index contributed by atoms with van der Waals surface area (Å²) in [6.07, 6.45) is -0.673. The van der Waals surface area contributed by atoms with Gasteiger partial charge in [0, 0.05) is 44.8 Å². The molecule has 2 saturated heterocycles. The maximum Gasteiger partial charge on any atom is 0.129 e. The number of rotatable bonds is 5. The molecule has 0 amide bonds. The van der Waals surface area contributed by atoms with E-state index < -0.39 is 6.10 Å². The molecule has 2 fully saturated rings. The number of hydrogen-bond donors (Lipinski definition) is 1. The van der Waals surface area contributed by atoms with Gasteiger partial charge in [0.05, 0.1) is 32.0 Å². The molecule has 0 radical (unpaired) electrons. The van der Waals surface area contributed by atoms with Crippen molar-refractivity contribution < 1.29 is 19.0 Å². The van der Waals surface area contributed by atoms with Gasteiger partial charge in [-0.2, -0.15) is 0 Å². The molecule has 0 aliphatic carbocycles. The van der Waals surface area contributed by atoms with Crippen LogP contribution in [0.2, 0.25) is 0 Å². The monoisotopic (exact) mass is 324 g/mol. The first kappa shape index (κ1) is 16.8. The first-order chi connectivity index (χ1) is 11.2. The molecular formula is C17H25FN2O3. The zero-order valence-electron chi connectivity index (χ0n) is 13.4. The number of aliphatic hydroxyl groups is 1. The molecule has 1 aromatic rings. The smallest absolute Gasteiger partial charge is 0.129 e. The molecular weight excluding hydrogens is 299 g/mol. The van der Waals surface area contributed by atoms with Crippen LogP contribution in [0.15, 0.2) is 24.3 Å². The highest BCUT2D eigenvalue weighted by atomic mass is 19.1. The van der Waals surface area contributed by atoms with Crippen LogP contribution < -0.4 is 0 Å². The zero-order chi connectivity index (χ0) is 16.1. The van der Waals surface area contributed by atoms with Gasteiger partial charge in [-0.15, -0.1) is 0 Å². The summed E-state index contributed by atoms with van der Waals surface area (Å²) in [6, 6.07) is 6.75. The minimum Gasteiger partial charge on any atom is -0.390 e. The van der Waals surface area contributed by atoms with Crippen LogP contribution in [-0.4, -0.2) is 80.1 Å². The standard InChI is InChI=1S/C17H25FN2O3/c18-16-4-2-1-3-15(16)17-13-20(7-10-23-17)12-14(21)11-19-5-8-22-9-6-19/h1-4,14,17,21H,5-13H2. The molecule has 23 heavy (non-hydrogen) atoms. The van der Waals surface area contributed by atoms with E-state index in [9.17, 15) is 9.50 Å². The topological polar surface area (TPSA) is 45.2 Å². The lowest BCUT2D eigenvalue weighted by Crippen LogP contribution is -2.47. The third kappa shape index (κ3) is 4.71. The Hall–Kier alpha value is -1.05. The number of β-amino-alcohol motifs (C(OH)–C–C–N with tert-alkyl or cyclic N) is 1. The van der Waals surface area contributed by atoms with E-state index in [-0.39, 0.29) is 11.9 Å². The first-order valence-corrected chi connectivity index (χ1v) is 8.29. The van der Waals surface area contributed by atoms with Gasteiger partial charge in [0.25, 0.3) is 0 Å². The SMILES string of the molecule is OC(CN1CCOCC1)CN1CCOC(c2ccccc2F)C1.